The molecule has 1 aliphatic rings. The van der Waals surface area contributed by atoms with Crippen LogP contribution in [0.3, 0.4) is 0 Å². The van der Waals surface area contributed by atoms with Gasteiger partial charge in [0.2, 0.25) is 5.91 Å². The molecule has 4 atom stereocenters. The third-order valence-electron chi connectivity index (χ3n) is 4.10. The number of carbonyl (C=O) groups is 2. The minimum atomic E-state index is -0.980. The van der Waals surface area contributed by atoms with E-state index in [9.17, 15) is 9.59 Å². The molecule has 0 radical (unpaired) electrons. The van der Waals surface area contributed by atoms with Gasteiger partial charge in [-0.25, -0.2) is 4.79 Å². The van der Waals surface area contributed by atoms with E-state index < -0.39 is 18.1 Å². The second-order valence-corrected chi connectivity index (χ2v) is 6.11. The number of nitrogens with one attached hydrogen (secondary N) is 1. The molecule has 2 N–H and O–H groups in total. The number of carboxylic acids is 1. The highest BCUT2D eigenvalue weighted by atomic mass is 16.5. The summed E-state index contributed by atoms with van der Waals surface area (Å²) in [5.74, 6) is -0.640. The highest BCUT2D eigenvalue weighted by Gasteiger charge is 2.28. The zero-order chi connectivity index (χ0) is 15.8. The quantitative estimate of drug-likeness (QED) is 0.722. The molecule has 0 aliphatic heterocycles. The Bertz CT molecular complexity index is 345. The summed E-state index contributed by atoms with van der Waals surface area (Å²) in [4.78, 5) is 23.3. The van der Waals surface area contributed by atoms with Crippen molar-refractivity contribution in [2.24, 2.45) is 5.92 Å². The van der Waals surface area contributed by atoms with Crippen LogP contribution in [0.15, 0.2) is 0 Å². The molecule has 0 heterocycles. The number of hydrogen-bond acceptors (Lipinski definition) is 3. The summed E-state index contributed by atoms with van der Waals surface area (Å²) in [5.41, 5.74) is 0. The number of amides is 1. The van der Waals surface area contributed by atoms with Gasteiger partial charge < -0.3 is 15.2 Å². The van der Waals surface area contributed by atoms with E-state index in [0.29, 0.717) is 18.8 Å². The van der Waals surface area contributed by atoms with Crippen LogP contribution in [0, 0.1) is 5.92 Å². The molecule has 0 spiro atoms. The molecule has 0 aromatic rings. The molecule has 21 heavy (non-hydrogen) atoms. The topological polar surface area (TPSA) is 75.6 Å². The van der Waals surface area contributed by atoms with Crippen molar-refractivity contribution in [2.75, 3.05) is 0 Å². The van der Waals surface area contributed by atoms with Crippen molar-refractivity contribution in [3.63, 3.8) is 0 Å². The highest BCUT2D eigenvalue weighted by molar-refractivity contribution is 5.86. The van der Waals surface area contributed by atoms with E-state index in [-0.39, 0.29) is 12.0 Å². The summed E-state index contributed by atoms with van der Waals surface area (Å²) in [6.07, 6.45) is 5.64. The summed E-state index contributed by atoms with van der Waals surface area (Å²) >= 11 is 0. The molecule has 1 amide bonds. The van der Waals surface area contributed by atoms with Gasteiger partial charge in [-0.05, 0) is 31.6 Å². The first kappa shape index (κ1) is 18.0. The zero-order valence-electron chi connectivity index (χ0n) is 13.4. The van der Waals surface area contributed by atoms with Gasteiger partial charge in [-0.1, -0.05) is 40.0 Å². The lowest BCUT2D eigenvalue weighted by Crippen LogP contribution is -2.47. The molecular weight excluding hydrogens is 270 g/mol. The van der Waals surface area contributed by atoms with Gasteiger partial charge in [0.25, 0.3) is 0 Å². The summed E-state index contributed by atoms with van der Waals surface area (Å²) < 4.78 is 5.93. The van der Waals surface area contributed by atoms with Crippen LogP contribution in [0.1, 0.15) is 65.7 Å². The molecule has 5 heteroatoms. The van der Waals surface area contributed by atoms with Gasteiger partial charge in [-0.15, -0.1) is 0 Å². The van der Waals surface area contributed by atoms with Gasteiger partial charge in [0.05, 0.1) is 6.10 Å². The fourth-order valence-corrected chi connectivity index (χ4v) is 2.89. The number of ether oxygens (including phenoxy) is 1. The van der Waals surface area contributed by atoms with Crippen LogP contribution >= 0.6 is 0 Å². The lowest BCUT2D eigenvalue weighted by Gasteiger charge is -2.30. The van der Waals surface area contributed by atoms with E-state index in [0.717, 1.165) is 25.7 Å². The fraction of sp³-hybridized carbons (Fsp3) is 0.875. The third-order valence-corrected chi connectivity index (χ3v) is 4.10. The molecule has 122 valence electrons. The number of aliphatic carboxylic acids is 1. The van der Waals surface area contributed by atoms with Gasteiger partial charge in [0, 0.05) is 0 Å². The zero-order valence-corrected chi connectivity index (χ0v) is 13.4. The summed E-state index contributed by atoms with van der Waals surface area (Å²) in [6, 6.07) is -0.814. The monoisotopic (exact) mass is 299 g/mol. The second-order valence-electron chi connectivity index (χ2n) is 6.11. The number of carboxylic acid groups (broad SMARTS) is 1. The van der Waals surface area contributed by atoms with Crippen LogP contribution < -0.4 is 5.32 Å². The van der Waals surface area contributed by atoms with Crippen molar-refractivity contribution >= 4 is 11.9 Å². The molecule has 4 unspecified atom stereocenters. The Labute approximate surface area is 127 Å². The molecule has 0 bridgehead atoms. The SMILES string of the molecule is CCCC(NC(=O)C(CC)OC1CCCC(C)C1)C(=O)O. The van der Waals surface area contributed by atoms with E-state index in [1.165, 1.54) is 6.42 Å². The molecule has 1 rings (SSSR count). The first-order chi connectivity index (χ1) is 9.97. The smallest absolute Gasteiger partial charge is 0.326 e. The maximum atomic E-state index is 12.2. The fourth-order valence-electron chi connectivity index (χ4n) is 2.89. The molecule has 0 aromatic heterocycles. The van der Waals surface area contributed by atoms with E-state index >= 15 is 0 Å². The molecule has 5 nitrogen and oxygen atoms in total. The van der Waals surface area contributed by atoms with Crippen molar-refractivity contribution < 1.29 is 19.4 Å². The van der Waals surface area contributed by atoms with E-state index in [2.05, 4.69) is 12.2 Å². The van der Waals surface area contributed by atoms with Crippen molar-refractivity contribution in [1.82, 2.24) is 5.32 Å². The normalized spacial score (nSPS) is 25.1. The molecular formula is C16H29NO4. The second kappa shape index (κ2) is 9.03. The van der Waals surface area contributed by atoms with Crippen LogP contribution in [0.2, 0.25) is 0 Å². The lowest BCUT2D eigenvalue weighted by molar-refractivity contribution is -0.147. The third kappa shape index (κ3) is 6.04. The summed E-state index contributed by atoms with van der Waals surface area (Å²) in [5, 5.41) is 11.7. The minimum absolute atomic E-state index is 0.124. The van der Waals surface area contributed by atoms with E-state index in [1.54, 1.807) is 0 Å². The number of rotatable bonds is 8. The summed E-state index contributed by atoms with van der Waals surface area (Å²) in [6.45, 7) is 6.00. The van der Waals surface area contributed by atoms with Crippen LogP contribution in [-0.2, 0) is 14.3 Å². The minimum Gasteiger partial charge on any atom is -0.480 e. The van der Waals surface area contributed by atoms with Crippen molar-refractivity contribution in [3.05, 3.63) is 0 Å². The van der Waals surface area contributed by atoms with Crippen LogP contribution in [0.4, 0.5) is 0 Å². The highest BCUT2D eigenvalue weighted by Crippen LogP contribution is 2.27. The van der Waals surface area contributed by atoms with E-state index in [4.69, 9.17) is 9.84 Å². The first-order valence-electron chi connectivity index (χ1n) is 8.16. The molecule has 1 saturated carbocycles. The van der Waals surface area contributed by atoms with Gasteiger partial charge >= 0.3 is 5.97 Å². The summed E-state index contributed by atoms with van der Waals surface area (Å²) in [7, 11) is 0. The Kier molecular flexibility index (Phi) is 7.72. The van der Waals surface area contributed by atoms with Gasteiger partial charge in [-0.3, -0.25) is 4.79 Å². The lowest BCUT2D eigenvalue weighted by atomic mass is 9.88. The molecule has 1 fully saturated rings. The average Bonchev–Trinajstić information content (AvgIpc) is 2.44. The molecule has 0 saturated heterocycles. The number of hydrogen-bond donors (Lipinski definition) is 2. The Hall–Kier alpha value is -1.10. The van der Waals surface area contributed by atoms with Gasteiger partial charge in [-0.2, -0.15) is 0 Å². The predicted octanol–water partition coefficient (Wildman–Crippen LogP) is 2.73. The van der Waals surface area contributed by atoms with Gasteiger partial charge in [0.15, 0.2) is 0 Å². The van der Waals surface area contributed by atoms with Crippen LogP contribution in [0.25, 0.3) is 0 Å². The van der Waals surface area contributed by atoms with Crippen molar-refractivity contribution in [2.45, 2.75) is 84.0 Å². The standard InChI is InChI=1S/C16H29NO4/c1-4-7-13(16(19)20)17-15(18)14(5-2)21-12-9-6-8-11(3)10-12/h11-14H,4-10H2,1-3H3,(H,17,18)(H,19,20). The van der Waals surface area contributed by atoms with Crippen LogP contribution in [0.5, 0.6) is 0 Å². The average molecular weight is 299 g/mol. The van der Waals surface area contributed by atoms with Crippen molar-refractivity contribution in [3.8, 4) is 0 Å². The molecule has 1 aliphatic carbocycles. The first-order valence-corrected chi connectivity index (χ1v) is 8.16. The maximum Gasteiger partial charge on any atom is 0.326 e. The Morgan fingerprint density at radius 1 is 1.33 bits per heavy atom. The Balaban J connectivity index is 2.53. The Morgan fingerprint density at radius 3 is 2.57 bits per heavy atom. The van der Waals surface area contributed by atoms with Gasteiger partial charge in [0.1, 0.15) is 12.1 Å². The van der Waals surface area contributed by atoms with Crippen molar-refractivity contribution in [1.29, 1.82) is 0 Å². The number of carbonyl (C=O) groups excluding carboxylic acids is 1. The predicted molar refractivity (Wildman–Crippen MR) is 81.1 cm³/mol. The largest absolute Gasteiger partial charge is 0.480 e. The van der Waals surface area contributed by atoms with E-state index in [1.807, 2.05) is 13.8 Å². The van der Waals surface area contributed by atoms with Crippen LogP contribution in [-0.4, -0.2) is 35.2 Å². The maximum absolute atomic E-state index is 12.2. The molecule has 0 aromatic carbocycles. The Morgan fingerprint density at radius 2 is 2.05 bits per heavy atom.